The molecule has 0 unspecified atom stereocenters. The Kier molecular flexibility index (Phi) is 7.54. The molecule has 6 heteroatoms. The highest BCUT2D eigenvalue weighted by atomic mass is 16.5. The zero-order chi connectivity index (χ0) is 14.8. The van der Waals surface area contributed by atoms with Gasteiger partial charge in [0.15, 0.2) is 0 Å². The number of methoxy groups -OCH3 is 1. The number of likely N-dealkylation sites (N-methyl/N-ethyl adjacent to an activating group) is 1. The van der Waals surface area contributed by atoms with Gasteiger partial charge in [0.1, 0.15) is 12.1 Å². The number of hydrogen-bond acceptors (Lipinski definition) is 4. The molecule has 0 atom stereocenters. The molecule has 0 heterocycles. The largest absolute Gasteiger partial charge is 0.382 e. The van der Waals surface area contributed by atoms with Crippen LogP contribution in [0.2, 0.25) is 0 Å². The second kappa shape index (κ2) is 8.92. The topological polar surface area (TPSA) is 76.7 Å². The summed E-state index contributed by atoms with van der Waals surface area (Å²) in [5, 5.41) is 5.70. The van der Waals surface area contributed by atoms with Gasteiger partial charge in [-0.2, -0.15) is 0 Å². The van der Waals surface area contributed by atoms with Crippen LogP contribution in [0.15, 0.2) is 0 Å². The van der Waals surface area contributed by atoms with E-state index >= 15 is 0 Å². The number of carbonyl (C=O) groups excluding carboxylic acids is 2. The molecule has 6 nitrogen and oxygen atoms in total. The highest BCUT2D eigenvalue weighted by molar-refractivity contribution is 5.91. The Morgan fingerprint density at radius 3 is 2.45 bits per heavy atom. The van der Waals surface area contributed by atoms with Crippen LogP contribution in [0.1, 0.15) is 39.0 Å². The van der Waals surface area contributed by atoms with Crippen molar-refractivity contribution in [3.63, 3.8) is 0 Å². The van der Waals surface area contributed by atoms with Gasteiger partial charge < -0.3 is 20.1 Å². The number of carbonyl (C=O) groups is 2. The van der Waals surface area contributed by atoms with Crippen LogP contribution in [0.4, 0.5) is 0 Å². The lowest BCUT2D eigenvalue weighted by Gasteiger charge is -2.36. The van der Waals surface area contributed by atoms with Crippen molar-refractivity contribution in [1.82, 2.24) is 10.6 Å². The predicted octanol–water partition coefficient (Wildman–Crippen LogP) is 0.605. The summed E-state index contributed by atoms with van der Waals surface area (Å²) in [4.78, 5) is 24.2. The molecule has 1 aliphatic rings. The second-order valence-electron chi connectivity index (χ2n) is 5.10. The average molecular weight is 286 g/mol. The number of amides is 2. The normalized spacial score (nSPS) is 17.5. The van der Waals surface area contributed by atoms with Crippen LogP contribution < -0.4 is 10.6 Å². The van der Waals surface area contributed by atoms with Crippen molar-refractivity contribution in [1.29, 1.82) is 0 Å². The molecule has 2 N–H and O–H groups in total. The van der Waals surface area contributed by atoms with E-state index in [1.807, 2.05) is 6.92 Å². The Bertz CT molecular complexity index is 314. The second-order valence-corrected chi connectivity index (χ2v) is 5.10. The fourth-order valence-electron chi connectivity index (χ4n) is 2.50. The van der Waals surface area contributed by atoms with Gasteiger partial charge in [-0.25, -0.2) is 0 Å². The first-order valence-electron chi connectivity index (χ1n) is 7.30. The van der Waals surface area contributed by atoms with Crippen LogP contribution in [0.25, 0.3) is 0 Å². The first-order valence-corrected chi connectivity index (χ1v) is 7.30. The number of hydrogen-bond donors (Lipinski definition) is 2. The Labute approximate surface area is 120 Å². The number of ether oxygens (including phenoxy) is 2. The van der Waals surface area contributed by atoms with E-state index in [9.17, 15) is 9.59 Å². The van der Waals surface area contributed by atoms with Crippen molar-refractivity contribution in [3.8, 4) is 0 Å². The number of rotatable bonds is 8. The van der Waals surface area contributed by atoms with Gasteiger partial charge in [0.05, 0.1) is 13.2 Å². The third-order valence-corrected chi connectivity index (χ3v) is 3.52. The summed E-state index contributed by atoms with van der Waals surface area (Å²) in [6, 6.07) is 0. The van der Waals surface area contributed by atoms with Crippen LogP contribution in [0.3, 0.4) is 0 Å². The zero-order valence-electron chi connectivity index (χ0n) is 12.5. The smallest absolute Gasteiger partial charge is 0.246 e. The molecule has 0 aromatic carbocycles. The first-order chi connectivity index (χ1) is 9.64. The molecular weight excluding hydrogens is 260 g/mol. The average Bonchev–Trinajstić information content (AvgIpc) is 2.45. The summed E-state index contributed by atoms with van der Waals surface area (Å²) in [5.41, 5.74) is -0.754. The summed E-state index contributed by atoms with van der Waals surface area (Å²) in [5.74, 6) is -0.320. The Morgan fingerprint density at radius 1 is 1.15 bits per heavy atom. The van der Waals surface area contributed by atoms with Crippen LogP contribution in [-0.4, -0.2) is 50.8 Å². The summed E-state index contributed by atoms with van der Waals surface area (Å²) >= 11 is 0. The number of nitrogens with one attached hydrogen (secondary N) is 2. The van der Waals surface area contributed by atoms with E-state index in [0.29, 0.717) is 32.6 Å². The standard InChI is InChI=1S/C14H26N2O4/c1-3-15-13(18)14(7-5-4-6-8-14)16-12(17)11-20-10-9-19-2/h3-11H2,1-2H3,(H,15,18)(H,16,17). The highest BCUT2D eigenvalue weighted by Gasteiger charge is 2.40. The monoisotopic (exact) mass is 286 g/mol. The molecule has 1 fully saturated rings. The molecule has 1 rings (SSSR count). The van der Waals surface area contributed by atoms with Crippen molar-refractivity contribution >= 4 is 11.8 Å². The highest BCUT2D eigenvalue weighted by Crippen LogP contribution is 2.28. The molecular formula is C14H26N2O4. The maximum Gasteiger partial charge on any atom is 0.246 e. The lowest BCUT2D eigenvalue weighted by atomic mass is 9.80. The maximum absolute atomic E-state index is 12.2. The summed E-state index contributed by atoms with van der Waals surface area (Å²) in [6.07, 6.45) is 4.43. The van der Waals surface area contributed by atoms with Crippen molar-refractivity contribution in [3.05, 3.63) is 0 Å². The molecule has 2 amide bonds. The van der Waals surface area contributed by atoms with E-state index in [2.05, 4.69) is 10.6 Å². The van der Waals surface area contributed by atoms with Crippen LogP contribution in [0, 0.1) is 0 Å². The molecule has 1 aliphatic carbocycles. The van der Waals surface area contributed by atoms with Gasteiger partial charge >= 0.3 is 0 Å². The van der Waals surface area contributed by atoms with E-state index in [4.69, 9.17) is 9.47 Å². The van der Waals surface area contributed by atoms with E-state index < -0.39 is 5.54 Å². The molecule has 116 valence electrons. The lowest BCUT2D eigenvalue weighted by molar-refractivity contribution is -0.137. The third-order valence-electron chi connectivity index (χ3n) is 3.52. The molecule has 1 saturated carbocycles. The first kappa shape index (κ1) is 16.9. The quantitative estimate of drug-likeness (QED) is 0.641. The fourth-order valence-corrected chi connectivity index (χ4v) is 2.50. The van der Waals surface area contributed by atoms with Gasteiger partial charge in [-0.3, -0.25) is 9.59 Å². The minimum absolute atomic E-state index is 0.0372. The third kappa shape index (κ3) is 5.09. The predicted molar refractivity (Wildman–Crippen MR) is 75.3 cm³/mol. The van der Waals surface area contributed by atoms with Crippen LogP contribution in [-0.2, 0) is 19.1 Å². The van der Waals surface area contributed by atoms with E-state index in [1.165, 1.54) is 0 Å². The Balaban J connectivity index is 2.51. The van der Waals surface area contributed by atoms with E-state index in [1.54, 1.807) is 7.11 Å². The molecule has 0 aliphatic heterocycles. The van der Waals surface area contributed by atoms with Gasteiger partial charge in [0, 0.05) is 13.7 Å². The summed E-state index contributed by atoms with van der Waals surface area (Å²) < 4.78 is 10.0. The van der Waals surface area contributed by atoms with Gasteiger partial charge in [-0.15, -0.1) is 0 Å². The van der Waals surface area contributed by atoms with Crippen molar-refractivity contribution in [2.24, 2.45) is 0 Å². The van der Waals surface area contributed by atoms with Gasteiger partial charge in [0.2, 0.25) is 11.8 Å². The minimum atomic E-state index is -0.754. The van der Waals surface area contributed by atoms with Gasteiger partial charge in [-0.05, 0) is 19.8 Å². The molecule has 20 heavy (non-hydrogen) atoms. The molecule has 0 radical (unpaired) electrons. The van der Waals surface area contributed by atoms with E-state index in [-0.39, 0.29) is 18.4 Å². The lowest BCUT2D eigenvalue weighted by Crippen LogP contribution is -2.60. The van der Waals surface area contributed by atoms with Crippen LogP contribution >= 0.6 is 0 Å². The molecule has 0 bridgehead atoms. The minimum Gasteiger partial charge on any atom is -0.382 e. The summed E-state index contributed by atoms with van der Waals surface area (Å²) in [6.45, 7) is 3.24. The van der Waals surface area contributed by atoms with Crippen molar-refractivity contribution in [2.75, 3.05) is 33.5 Å². The van der Waals surface area contributed by atoms with Crippen molar-refractivity contribution in [2.45, 2.75) is 44.6 Å². The van der Waals surface area contributed by atoms with Crippen LogP contribution in [0.5, 0.6) is 0 Å². The molecule has 0 saturated heterocycles. The van der Waals surface area contributed by atoms with E-state index in [0.717, 1.165) is 19.3 Å². The van der Waals surface area contributed by atoms with Crippen molar-refractivity contribution < 1.29 is 19.1 Å². The molecule has 0 aromatic rings. The van der Waals surface area contributed by atoms with Gasteiger partial charge in [-0.1, -0.05) is 19.3 Å². The summed E-state index contributed by atoms with van der Waals surface area (Å²) in [7, 11) is 1.58. The Hall–Kier alpha value is -1.14. The molecule has 0 aromatic heterocycles. The zero-order valence-corrected chi connectivity index (χ0v) is 12.5. The maximum atomic E-state index is 12.2. The SMILES string of the molecule is CCNC(=O)C1(NC(=O)COCCOC)CCCCC1. The molecule has 0 spiro atoms. The fraction of sp³-hybridized carbons (Fsp3) is 0.857. The van der Waals surface area contributed by atoms with Gasteiger partial charge in [0.25, 0.3) is 0 Å². The Morgan fingerprint density at radius 2 is 1.85 bits per heavy atom.